The topological polar surface area (TPSA) is 30.5 Å². The van der Waals surface area contributed by atoms with Gasteiger partial charge in [-0.05, 0) is 39.0 Å². The van der Waals surface area contributed by atoms with E-state index in [1.165, 1.54) is 52.1 Å². The Labute approximate surface area is 111 Å². The van der Waals surface area contributed by atoms with Crippen molar-refractivity contribution < 1.29 is 0 Å². The third-order valence-corrected chi connectivity index (χ3v) is 3.76. The molecule has 0 spiro atoms. The third kappa shape index (κ3) is 5.48. The molecule has 104 valence electrons. The normalized spacial score (nSPS) is 25.1. The van der Waals surface area contributed by atoms with Crippen LogP contribution < -0.4 is 10.6 Å². The lowest BCUT2D eigenvalue weighted by Gasteiger charge is -2.18. The third-order valence-electron chi connectivity index (χ3n) is 3.76. The molecule has 0 amide bonds. The fourth-order valence-electron chi connectivity index (χ4n) is 2.62. The Hall–Kier alpha value is -0.420. The molecule has 18 heavy (non-hydrogen) atoms. The van der Waals surface area contributed by atoms with Crippen LogP contribution in [0.4, 0.5) is 0 Å². The van der Waals surface area contributed by atoms with E-state index < -0.39 is 0 Å². The van der Waals surface area contributed by atoms with Crippen LogP contribution in [-0.2, 0) is 0 Å². The molecule has 0 aromatic heterocycles. The number of hydrogen-bond donors (Lipinski definition) is 2. The van der Waals surface area contributed by atoms with Crippen molar-refractivity contribution in [2.24, 2.45) is 0 Å². The second kappa shape index (κ2) is 8.64. The minimum Gasteiger partial charge on any atom is -0.315 e. The fraction of sp³-hybridized carbons (Fsp3) is 0.857. The highest BCUT2D eigenvalue weighted by molar-refractivity contribution is 4.88. The Bertz CT molecular complexity index is 202. The molecule has 0 bridgehead atoms. The summed E-state index contributed by atoms with van der Waals surface area (Å²) in [5, 5.41) is 6.89. The SMILES string of the molecule is C(=CCN1CCCNCC1)CN1CCCNCC1. The van der Waals surface area contributed by atoms with Crippen molar-refractivity contribution in [1.82, 2.24) is 20.4 Å². The van der Waals surface area contributed by atoms with E-state index >= 15 is 0 Å². The highest BCUT2D eigenvalue weighted by atomic mass is 15.2. The summed E-state index contributed by atoms with van der Waals surface area (Å²) in [6.45, 7) is 11.8. The number of nitrogens with zero attached hydrogens (tertiary/aromatic N) is 2. The van der Waals surface area contributed by atoms with Gasteiger partial charge in [-0.2, -0.15) is 0 Å². The summed E-state index contributed by atoms with van der Waals surface area (Å²) >= 11 is 0. The predicted molar refractivity (Wildman–Crippen MR) is 77.0 cm³/mol. The molecule has 0 saturated carbocycles. The zero-order chi connectivity index (χ0) is 12.5. The molecule has 2 fully saturated rings. The quantitative estimate of drug-likeness (QED) is 0.697. The van der Waals surface area contributed by atoms with E-state index in [0.717, 1.165) is 26.2 Å². The summed E-state index contributed by atoms with van der Waals surface area (Å²) in [7, 11) is 0. The second-order valence-corrected chi connectivity index (χ2v) is 5.28. The van der Waals surface area contributed by atoms with E-state index in [4.69, 9.17) is 0 Å². The van der Waals surface area contributed by atoms with E-state index in [2.05, 4.69) is 32.6 Å². The fourth-order valence-corrected chi connectivity index (χ4v) is 2.62. The van der Waals surface area contributed by atoms with Crippen LogP contribution in [0.5, 0.6) is 0 Å². The lowest BCUT2D eigenvalue weighted by atomic mass is 10.3. The summed E-state index contributed by atoms with van der Waals surface area (Å²) in [5.74, 6) is 0. The molecule has 4 nitrogen and oxygen atoms in total. The Kier molecular flexibility index (Phi) is 6.72. The van der Waals surface area contributed by atoms with Crippen LogP contribution in [-0.4, -0.2) is 75.2 Å². The molecule has 0 unspecified atom stereocenters. The molecule has 2 heterocycles. The maximum atomic E-state index is 3.45. The zero-order valence-electron chi connectivity index (χ0n) is 11.5. The molecule has 0 aromatic carbocycles. The smallest absolute Gasteiger partial charge is 0.0164 e. The standard InChI is InChI=1S/C14H28N4/c1(9-17-11-3-5-15-7-13-17)2-10-18-12-4-6-16-8-14-18/h1-2,15-16H,3-14H2. The van der Waals surface area contributed by atoms with Crippen LogP contribution in [0.3, 0.4) is 0 Å². The van der Waals surface area contributed by atoms with Gasteiger partial charge in [0.25, 0.3) is 0 Å². The van der Waals surface area contributed by atoms with Gasteiger partial charge in [0, 0.05) is 39.3 Å². The van der Waals surface area contributed by atoms with Crippen LogP contribution in [0.15, 0.2) is 12.2 Å². The highest BCUT2D eigenvalue weighted by Gasteiger charge is 2.07. The van der Waals surface area contributed by atoms with E-state index in [1.54, 1.807) is 0 Å². The van der Waals surface area contributed by atoms with Gasteiger partial charge in [0.15, 0.2) is 0 Å². The molecule has 2 aliphatic heterocycles. The van der Waals surface area contributed by atoms with Gasteiger partial charge in [-0.15, -0.1) is 0 Å². The molecule has 2 rings (SSSR count). The van der Waals surface area contributed by atoms with E-state index in [-0.39, 0.29) is 0 Å². The van der Waals surface area contributed by atoms with E-state index in [1.807, 2.05) is 0 Å². The van der Waals surface area contributed by atoms with Crippen LogP contribution in [0.25, 0.3) is 0 Å². The zero-order valence-corrected chi connectivity index (χ0v) is 11.5. The minimum atomic E-state index is 1.12. The van der Waals surface area contributed by atoms with Crippen LogP contribution >= 0.6 is 0 Å². The largest absolute Gasteiger partial charge is 0.315 e. The van der Waals surface area contributed by atoms with Crippen molar-refractivity contribution in [3.05, 3.63) is 12.2 Å². The molecule has 0 radical (unpaired) electrons. The molecule has 2 saturated heterocycles. The van der Waals surface area contributed by atoms with Gasteiger partial charge in [0.1, 0.15) is 0 Å². The summed E-state index contributed by atoms with van der Waals surface area (Å²) in [5.41, 5.74) is 0. The molecule has 0 aliphatic carbocycles. The van der Waals surface area contributed by atoms with Gasteiger partial charge in [0.2, 0.25) is 0 Å². The van der Waals surface area contributed by atoms with Gasteiger partial charge in [-0.1, -0.05) is 12.2 Å². The van der Waals surface area contributed by atoms with Crippen molar-refractivity contribution in [3.63, 3.8) is 0 Å². The highest BCUT2D eigenvalue weighted by Crippen LogP contribution is 1.97. The lowest BCUT2D eigenvalue weighted by Crippen LogP contribution is -2.29. The molecule has 2 N–H and O–H groups in total. The van der Waals surface area contributed by atoms with Gasteiger partial charge in [-0.25, -0.2) is 0 Å². The summed E-state index contributed by atoms with van der Waals surface area (Å²) in [6, 6.07) is 0. The molecular formula is C14H28N4. The predicted octanol–water partition coefficient (Wildman–Crippen LogP) is 0.133. The average molecular weight is 252 g/mol. The molecule has 4 heteroatoms. The van der Waals surface area contributed by atoms with Gasteiger partial charge < -0.3 is 10.6 Å². The van der Waals surface area contributed by atoms with Crippen molar-refractivity contribution in [3.8, 4) is 0 Å². The summed E-state index contributed by atoms with van der Waals surface area (Å²) in [4.78, 5) is 5.08. The van der Waals surface area contributed by atoms with Crippen molar-refractivity contribution >= 4 is 0 Å². The monoisotopic (exact) mass is 252 g/mol. The maximum Gasteiger partial charge on any atom is 0.0164 e. The van der Waals surface area contributed by atoms with Crippen LogP contribution in [0, 0.1) is 0 Å². The van der Waals surface area contributed by atoms with Gasteiger partial charge >= 0.3 is 0 Å². The number of nitrogens with one attached hydrogen (secondary N) is 2. The number of rotatable bonds is 4. The first kappa shape index (κ1) is 14.0. The van der Waals surface area contributed by atoms with Gasteiger partial charge in [0.05, 0.1) is 0 Å². The van der Waals surface area contributed by atoms with Crippen molar-refractivity contribution in [2.45, 2.75) is 12.8 Å². The average Bonchev–Trinajstić information content (AvgIpc) is 2.79. The summed E-state index contributed by atoms with van der Waals surface area (Å²) in [6.07, 6.45) is 7.27. The Morgan fingerprint density at radius 1 is 0.667 bits per heavy atom. The van der Waals surface area contributed by atoms with Gasteiger partial charge in [-0.3, -0.25) is 9.80 Å². The van der Waals surface area contributed by atoms with Crippen LogP contribution in [0.2, 0.25) is 0 Å². The Morgan fingerprint density at radius 2 is 1.17 bits per heavy atom. The molecule has 0 atom stereocenters. The Morgan fingerprint density at radius 3 is 1.67 bits per heavy atom. The van der Waals surface area contributed by atoms with E-state index in [9.17, 15) is 0 Å². The first-order valence-electron chi connectivity index (χ1n) is 7.46. The first-order valence-corrected chi connectivity index (χ1v) is 7.46. The minimum absolute atomic E-state index is 1.12. The summed E-state index contributed by atoms with van der Waals surface area (Å²) < 4.78 is 0. The molecular weight excluding hydrogens is 224 g/mol. The first-order chi connectivity index (χ1) is 8.95. The van der Waals surface area contributed by atoms with Crippen LogP contribution in [0.1, 0.15) is 12.8 Å². The second-order valence-electron chi connectivity index (χ2n) is 5.28. The lowest BCUT2D eigenvalue weighted by molar-refractivity contribution is 0.316. The van der Waals surface area contributed by atoms with Crippen molar-refractivity contribution in [2.75, 3.05) is 65.4 Å². The maximum absolute atomic E-state index is 3.45. The molecule has 0 aromatic rings. The van der Waals surface area contributed by atoms with Crippen molar-refractivity contribution in [1.29, 1.82) is 0 Å². The van der Waals surface area contributed by atoms with E-state index in [0.29, 0.717) is 0 Å². The Balaban J connectivity index is 1.61. The molecule has 2 aliphatic rings. The number of hydrogen-bond acceptors (Lipinski definition) is 4.